The third kappa shape index (κ3) is 5.35. The van der Waals surface area contributed by atoms with Crippen LogP contribution >= 0.6 is 11.8 Å². The molecule has 26 heavy (non-hydrogen) atoms. The van der Waals surface area contributed by atoms with Gasteiger partial charge in [0.2, 0.25) is 5.91 Å². The minimum Gasteiger partial charge on any atom is -0.349 e. The third-order valence-corrected chi connectivity index (χ3v) is 4.63. The first kappa shape index (κ1) is 20.0. The average molecular weight is 385 g/mol. The summed E-state index contributed by atoms with van der Waals surface area (Å²) < 4.78 is 38.0. The lowest BCUT2D eigenvalue weighted by molar-refractivity contribution is -0.141. The van der Waals surface area contributed by atoms with Crippen LogP contribution in [0.1, 0.15) is 35.3 Å². The first-order valence-electron chi connectivity index (χ1n) is 7.74. The molecule has 1 aromatic carbocycles. The summed E-state index contributed by atoms with van der Waals surface area (Å²) in [6.07, 6.45) is -4.72. The molecule has 0 saturated carbocycles. The first-order chi connectivity index (χ1) is 12.1. The molecule has 0 radical (unpaired) electrons. The van der Waals surface area contributed by atoms with Crippen molar-refractivity contribution in [2.75, 3.05) is 5.75 Å². The van der Waals surface area contributed by atoms with E-state index in [2.05, 4.69) is 15.3 Å². The highest BCUT2D eigenvalue weighted by Gasteiger charge is 2.33. The Bertz CT molecular complexity index is 865. The van der Waals surface area contributed by atoms with Crippen molar-refractivity contribution in [3.63, 3.8) is 0 Å². The molecule has 140 valence electrons. The van der Waals surface area contributed by atoms with Crippen LogP contribution in [0.25, 0.3) is 0 Å². The number of halogens is 3. The van der Waals surface area contributed by atoms with Crippen LogP contribution in [-0.4, -0.2) is 21.6 Å². The van der Waals surface area contributed by atoms with Gasteiger partial charge in [-0.3, -0.25) is 9.59 Å². The van der Waals surface area contributed by atoms with E-state index in [1.807, 2.05) is 39.0 Å². The van der Waals surface area contributed by atoms with Gasteiger partial charge in [-0.2, -0.15) is 13.2 Å². The molecule has 0 aliphatic heterocycles. The molecule has 0 fully saturated rings. The molecule has 2 rings (SSSR count). The number of hydrogen-bond donors (Lipinski definition) is 2. The molecule has 2 aromatic rings. The monoisotopic (exact) mass is 385 g/mol. The van der Waals surface area contributed by atoms with E-state index in [4.69, 9.17) is 0 Å². The summed E-state index contributed by atoms with van der Waals surface area (Å²) in [6, 6.07) is 5.97. The molecule has 1 heterocycles. The maximum atomic E-state index is 12.7. The van der Waals surface area contributed by atoms with Gasteiger partial charge in [0.15, 0.2) is 10.9 Å². The Morgan fingerprint density at radius 1 is 1.27 bits per heavy atom. The molecule has 0 aliphatic carbocycles. The normalized spacial score (nSPS) is 12.7. The fraction of sp³-hybridized carbons (Fsp3) is 0.353. The molecule has 0 aliphatic rings. The zero-order chi connectivity index (χ0) is 19.5. The number of hydrogen-bond acceptors (Lipinski definition) is 4. The van der Waals surface area contributed by atoms with Crippen molar-refractivity contribution in [3.05, 3.63) is 57.0 Å². The van der Waals surface area contributed by atoms with E-state index in [1.165, 1.54) is 0 Å². The van der Waals surface area contributed by atoms with Crippen LogP contribution in [0.15, 0.2) is 34.2 Å². The molecular weight excluding hydrogens is 367 g/mol. The number of rotatable bonds is 5. The van der Waals surface area contributed by atoms with Crippen molar-refractivity contribution in [2.24, 2.45) is 0 Å². The van der Waals surface area contributed by atoms with Gasteiger partial charge in [0, 0.05) is 6.07 Å². The fourth-order valence-electron chi connectivity index (χ4n) is 2.18. The van der Waals surface area contributed by atoms with E-state index in [9.17, 15) is 22.8 Å². The van der Waals surface area contributed by atoms with Gasteiger partial charge in [-0.25, -0.2) is 4.98 Å². The first-order valence-corrected chi connectivity index (χ1v) is 8.72. The van der Waals surface area contributed by atoms with Crippen LogP contribution in [0.2, 0.25) is 0 Å². The quantitative estimate of drug-likeness (QED) is 0.611. The molecule has 5 nitrogen and oxygen atoms in total. The summed E-state index contributed by atoms with van der Waals surface area (Å²) in [7, 11) is 0. The van der Waals surface area contributed by atoms with E-state index in [1.54, 1.807) is 0 Å². The second-order valence-corrected chi connectivity index (χ2v) is 6.82. The molecule has 9 heteroatoms. The number of H-pyrrole nitrogens is 1. The van der Waals surface area contributed by atoms with E-state index in [0.717, 1.165) is 28.5 Å². The van der Waals surface area contributed by atoms with Crippen molar-refractivity contribution in [1.29, 1.82) is 0 Å². The highest BCUT2D eigenvalue weighted by atomic mass is 32.2. The van der Waals surface area contributed by atoms with Gasteiger partial charge in [-0.05, 0) is 37.5 Å². The largest absolute Gasteiger partial charge is 0.433 e. The zero-order valence-electron chi connectivity index (χ0n) is 14.4. The summed E-state index contributed by atoms with van der Waals surface area (Å²) in [5, 5.41) is 2.52. The molecule has 0 spiro atoms. The predicted octanol–water partition coefficient (Wildman–Crippen LogP) is 3.38. The van der Waals surface area contributed by atoms with Gasteiger partial charge < -0.3 is 10.3 Å². The number of aryl methyl sites for hydroxylation is 2. The van der Waals surface area contributed by atoms with Crippen LogP contribution in [0.4, 0.5) is 13.2 Å². The minimum atomic E-state index is -4.72. The summed E-state index contributed by atoms with van der Waals surface area (Å²) in [4.78, 5) is 28.9. The van der Waals surface area contributed by atoms with Gasteiger partial charge >= 0.3 is 6.18 Å². The number of nitrogens with zero attached hydrogens (tertiary/aromatic N) is 1. The lowest BCUT2D eigenvalue weighted by atomic mass is 10.0. The minimum absolute atomic E-state index is 0.167. The van der Waals surface area contributed by atoms with E-state index in [-0.39, 0.29) is 22.9 Å². The Kier molecular flexibility index (Phi) is 6.12. The number of carbonyl (C=O) groups is 1. The molecule has 1 unspecified atom stereocenters. The number of alkyl halides is 3. The molecule has 0 bridgehead atoms. The molecule has 0 saturated heterocycles. The molecule has 1 aromatic heterocycles. The van der Waals surface area contributed by atoms with Crippen molar-refractivity contribution in [2.45, 2.75) is 38.1 Å². The summed E-state index contributed by atoms with van der Waals surface area (Å²) in [5.74, 6) is -0.541. The smallest absolute Gasteiger partial charge is 0.349 e. The molecule has 1 atom stereocenters. The van der Waals surface area contributed by atoms with Crippen molar-refractivity contribution >= 4 is 17.7 Å². The van der Waals surface area contributed by atoms with Crippen LogP contribution in [0.5, 0.6) is 0 Å². The number of benzene rings is 1. The number of carbonyl (C=O) groups excluding carboxylic acids is 1. The van der Waals surface area contributed by atoms with Gasteiger partial charge in [0.05, 0.1) is 11.8 Å². The van der Waals surface area contributed by atoms with Gasteiger partial charge in [-0.15, -0.1) is 0 Å². The van der Waals surface area contributed by atoms with Crippen LogP contribution < -0.4 is 10.9 Å². The van der Waals surface area contributed by atoms with Gasteiger partial charge in [0.1, 0.15) is 0 Å². The lowest BCUT2D eigenvalue weighted by Gasteiger charge is -2.15. The van der Waals surface area contributed by atoms with E-state index >= 15 is 0 Å². The highest BCUT2D eigenvalue weighted by Crippen LogP contribution is 2.27. The van der Waals surface area contributed by atoms with Gasteiger partial charge in [-0.1, -0.05) is 30.0 Å². The van der Waals surface area contributed by atoms with Gasteiger partial charge in [0.25, 0.3) is 5.56 Å². The number of amides is 1. The van der Waals surface area contributed by atoms with E-state index < -0.39 is 17.4 Å². The van der Waals surface area contributed by atoms with Crippen LogP contribution in [0.3, 0.4) is 0 Å². The van der Waals surface area contributed by atoms with Crippen LogP contribution in [-0.2, 0) is 11.0 Å². The third-order valence-electron chi connectivity index (χ3n) is 3.76. The Labute approximate surface area is 152 Å². The average Bonchev–Trinajstić information content (AvgIpc) is 2.54. The Morgan fingerprint density at radius 3 is 2.58 bits per heavy atom. The van der Waals surface area contributed by atoms with Crippen LogP contribution in [0, 0.1) is 13.8 Å². The molecular formula is C17H18F3N3O2S. The predicted molar refractivity (Wildman–Crippen MR) is 93.1 cm³/mol. The van der Waals surface area contributed by atoms with Crippen molar-refractivity contribution < 1.29 is 18.0 Å². The summed E-state index contributed by atoms with van der Waals surface area (Å²) >= 11 is 0.737. The maximum absolute atomic E-state index is 12.7. The zero-order valence-corrected chi connectivity index (χ0v) is 15.2. The Hall–Kier alpha value is -2.29. The topological polar surface area (TPSA) is 74.8 Å². The SMILES string of the molecule is Cc1ccc(C(C)NC(=O)CSc2nc(C(F)(F)F)cc(=O)[nH]2)cc1C. The second-order valence-electron chi connectivity index (χ2n) is 5.86. The lowest BCUT2D eigenvalue weighted by Crippen LogP contribution is -2.28. The Morgan fingerprint density at radius 2 is 1.96 bits per heavy atom. The number of aromatic amines is 1. The summed E-state index contributed by atoms with van der Waals surface area (Å²) in [6.45, 7) is 5.78. The maximum Gasteiger partial charge on any atom is 0.433 e. The highest BCUT2D eigenvalue weighted by molar-refractivity contribution is 7.99. The van der Waals surface area contributed by atoms with E-state index in [0.29, 0.717) is 6.07 Å². The fourth-order valence-corrected chi connectivity index (χ4v) is 2.87. The molecule has 2 N–H and O–H groups in total. The second kappa shape index (κ2) is 7.94. The number of thioether (sulfide) groups is 1. The number of aromatic nitrogens is 2. The summed E-state index contributed by atoms with van der Waals surface area (Å²) in [5.41, 5.74) is 0.967. The van der Waals surface area contributed by atoms with Crippen molar-refractivity contribution in [3.8, 4) is 0 Å². The standard InChI is InChI=1S/C17H18F3N3O2S/c1-9-4-5-12(6-10(9)2)11(3)21-15(25)8-26-16-22-13(17(18,19)20)7-14(24)23-16/h4-7,11H,8H2,1-3H3,(H,21,25)(H,22,23,24). The molecule has 1 amide bonds. The Balaban J connectivity index is 1.99. The van der Waals surface area contributed by atoms with Crippen molar-refractivity contribution in [1.82, 2.24) is 15.3 Å². The number of nitrogens with one attached hydrogen (secondary N) is 2.